The second kappa shape index (κ2) is 6.20. The van der Waals surface area contributed by atoms with Crippen LogP contribution in [-0.4, -0.2) is 36.6 Å². The molecule has 2 aromatic rings. The van der Waals surface area contributed by atoms with Gasteiger partial charge in [0, 0.05) is 6.54 Å². The second-order valence-electron chi connectivity index (χ2n) is 5.85. The number of hydrogen-bond acceptors (Lipinski definition) is 4. The molecule has 0 aliphatic carbocycles. The maximum Gasteiger partial charge on any atom is 0.111 e. The largest absolute Gasteiger partial charge is 0.316 e. The van der Waals surface area contributed by atoms with Crippen LogP contribution in [0.25, 0.3) is 10.2 Å². The SMILES string of the molecule is CC(c1nc2ccccc2s1)N(C)CC1CCCNC1. The normalized spacial score (nSPS) is 21.4. The molecule has 1 fully saturated rings. The topological polar surface area (TPSA) is 28.2 Å². The number of fused-ring (bicyclic) bond motifs is 1. The molecule has 1 aromatic heterocycles. The zero-order valence-electron chi connectivity index (χ0n) is 12.3. The van der Waals surface area contributed by atoms with Crippen molar-refractivity contribution in [3.05, 3.63) is 29.3 Å². The molecule has 3 nitrogen and oxygen atoms in total. The quantitative estimate of drug-likeness (QED) is 0.936. The van der Waals surface area contributed by atoms with E-state index in [1.165, 1.54) is 29.1 Å². The van der Waals surface area contributed by atoms with E-state index in [-0.39, 0.29) is 0 Å². The minimum Gasteiger partial charge on any atom is -0.316 e. The van der Waals surface area contributed by atoms with E-state index in [0.29, 0.717) is 6.04 Å². The van der Waals surface area contributed by atoms with Gasteiger partial charge in [0.25, 0.3) is 0 Å². The lowest BCUT2D eigenvalue weighted by Gasteiger charge is -2.30. The molecule has 2 unspecified atom stereocenters. The first-order valence-corrected chi connectivity index (χ1v) is 8.32. The Kier molecular flexibility index (Phi) is 4.34. The highest BCUT2D eigenvalue weighted by Crippen LogP contribution is 2.29. The fraction of sp³-hybridized carbons (Fsp3) is 0.562. The Morgan fingerprint density at radius 2 is 2.30 bits per heavy atom. The molecule has 2 atom stereocenters. The number of thiazole rings is 1. The van der Waals surface area contributed by atoms with Crippen molar-refractivity contribution < 1.29 is 0 Å². The predicted molar refractivity (Wildman–Crippen MR) is 86.3 cm³/mol. The molecular weight excluding hydrogens is 266 g/mol. The highest BCUT2D eigenvalue weighted by atomic mass is 32.1. The molecule has 0 bridgehead atoms. The molecular formula is C16H23N3S. The van der Waals surface area contributed by atoms with E-state index in [0.717, 1.165) is 24.5 Å². The van der Waals surface area contributed by atoms with Crippen LogP contribution >= 0.6 is 11.3 Å². The van der Waals surface area contributed by atoms with Crippen LogP contribution in [0.5, 0.6) is 0 Å². The summed E-state index contributed by atoms with van der Waals surface area (Å²) in [4.78, 5) is 7.24. The van der Waals surface area contributed by atoms with Crippen LogP contribution in [0.2, 0.25) is 0 Å². The number of nitrogens with one attached hydrogen (secondary N) is 1. The minimum atomic E-state index is 0.398. The molecule has 0 amide bonds. The van der Waals surface area contributed by atoms with Gasteiger partial charge in [-0.3, -0.25) is 4.90 Å². The third kappa shape index (κ3) is 3.03. The molecule has 3 rings (SSSR count). The van der Waals surface area contributed by atoms with E-state index in [9.17, 15) is 0 Å². The van der Waals surface area contributed by atoms with Gasteiger partial charge in [0.2, 0.25) is 0 Å². The van der Waals surface area contributed by atoms with Crippen molar-refractivity contribution in [1.82, 2.24) is 15.2 Å². The summed E-state index contributed by atoms with van der Waals surface area (Å²) in [5.41, 5.74) is 1.13. The molecule has 1 aliphatic heterocycles. The fourth-order valence-electron chi connectivity index (χ4n) is 2.90. The van der Waals surface area contributed by atoms with E-state index >= 15 is 0 Å². The lowest BCUT2D eigenvalue weighted by Crippen LogP contribution is -2.37. The van der Waals surface area contributed by atoms with Crippen LogP contribution in [0.15, 0.2) is 24.3 Å². The molecule has 1 aliphatic rings. The van der Waals surface area contributed by atoms with Gasteiger partial charge in [-0.1, -0.05) is 12.1 Å². The van der Waals surface area contributed by atoms with Crippen molar-refractivity contribution >= 4 is 21.6 Å². The average Bonchev–Trinajstić information content (AvgIpc) is 2.91. The van der Waals surface area contributed by atoms with Gasteiger partial charge in [-0.15, -0.1) is 11.3 Å². The van der Waals surface area contributed by atoms with Crippen molar-refractivity contribution in [2.75, 3.05) is 26.7 Å². The zero-order chi connectivity index (χ0) is 13.9. The van der Waals surface area contributed by atoms with Gasteiger partial charge in [0.05, 0.1) is 16.3 Å². The molecule has 0 saturated carbocycles. The molecule has 4 heteroatoms. The lowest BCUT2D eigenvalue weighted by molar-refractivity contribution is 0.199. The molecule has 0 radical (unpaired) electrons. The first-order chi connectivity index (χ1) is 9.74. The summed E-state index contributed by atoms with van der Waals surface area (Å²) in [6, 6.07) is 8.82. The summed E-state index contributed by atoms with van der Waals surface area (Å²) >= 11 is 1.83. The van der Waals surface area contributed by atoms with Gasteiger partial charge in [-0.25, -0.2) is 4.98 Å². The summed E-state index contributed by atoms with van der Waals surface area (Å²) in [6.07, 6.45) is 2.66. The lowest BCUT2D eigenvalue weighted by atomic mass is 9.99. The molecule has 1 N–H and O–H groups in total. The number of hydrogen-bond donors (Lipinski definition) is 1. The van der Waals surface area contributed by atoms with Crippen molar-refractivity contribution in [1.29, 1.82) is 0 Å². The molecule has 20 heavy (non-hydrogen) atoms. The first-order valence-electron chi connectivity index (χ1n) is 7.50. The van der Waals surface area contributed by atoms with Gasteiger partial charge in [-0.2, -0.15) is 0 Å². The summed E-state index contributed by atoms with van der Waals surface area (Å²) < 4.78 is 1.29. The maximum absolute atomic E-state index is 4.79. The van der Waals surface area contributed by atoms with Gasteiger partial charge >= 0.3 is 0 Å². The van der Waals surface area contributed by atoms with Crippen molar-refractivity contribution in [3.63, 3.8) is 0 Å². The third-order valence-electron chi connectivity index (χ3n) is 4.27. The Labute approximate surface area is 125 Å². The Balaban J connectivity index is 1.68. The molecule has 1 saturated heterocycles. The highest BCUT2D eigenvalue weighted by molar-refractivity contribution is 7.18. The van der Waals surface area contributed by atoms with Gasteiger partial charge in [-0.05, 0) is 58.0 Å². The average molecular weight is 289 g/mol. The standard InChI is InChI=1S/C16H23N3S/c1-12(19(2)11-13-6-5-9-17-10-13)16-18-14-7-3-4-8-15(14)20-16/h3-4,7-8,12-13,17H,5-6,9-11H2,1-2H3. The van der Waals surface area contributed by atoms with Gasteiger partial charge in [0.15, 0.2) is 0 Å². The van der Waals surface area contributed by atoms with E-state index < -0.39 is 0 Å². The Morgan fingerprint density at radius 3 is 3.05 bits per heavy atom. The van der Waals surface area contributed by atoms with Crippen LogP contribution < -0.4 is 5.32 Å². The van der Waals surface area contributed by atoms with E-state index in [1.807, 2.05) is 11.3 Å². The number of aromatic nitrogens is 1. The van der Waals surface area contributed by atoms with Crippen molar-refractivity contribution in [2.45, 2.75) is 25.8 Å². The van der Waals surface area contributed by atoms with Crippen LogP contribution in [0.4, 0.5) is 0 Å². The van der Waals surface area contributed by atoms with E-state index in [2.05, 4.69) is 48.5 Å². The zero-order valence-corrected chi connectivity index (χ0v) is 13.1. The first kappa shape index (κ1) is 14.0. The Hall–Kier alpha value is -0.970. The smallest absolute Gasteiger partial charge is 0.111 e. The predicted octanol–water partition coefficient (Wildman–Crippen LogP) is 3.29. The number of rotatable bonds is 4. The van der Waals surface area contributed by atoms with E-state index in [1.54, 1.807) is 0 Å². The number of piperidine rings is 1. The molecule has 108 valence electrons. The van der Waals surface area contributed by atoms with Crippen molar-refractivity contribution in [2.24, 2.45) is 5.92 Å². The summed E-state index contributed by atoms with van der Waals surface area (Å²) in [5, 5.41) is 4.73. The summed E-state index contributed by atoms with van der Waals surface area (Å²) in [6.45, 7) is 5.78. The number of nitrogens with zero attached hydrogens (tertiary/aromatic N) is 2. The van der Waals surface area contributed by atoms with Crippen LogP contribution in [0.1, 0.15) is 30.8 Å². The van der Waals surface area contributed by atoms with E-state index in [4.69, 9.17) is 4.98 Å². The summed E-state index contributed by atoms with van der Waals surface area (Å²) in [7, 11) is 2.23. The molecule has 2 heterocycles. The minimum absolute atomic E-state index is 0.398. The number of benzene rings is 1. The molecule has 1 aromatic carbocycles. The highest BCUT2D eigenvalue weighted by Gasteiger charge is 2.20. The Bertz CT molecular complexity index is 527. The van der Waals surface area contributed by atoms with Gasteiger partial charge in [0.1, 0.15) is 5.01 Å². The number of para-hydroxylation sites is 1. The second-order valence-corrected chi connectivity index (χ2v) is 6.91. The van der Waals surface area contributed by atoms with Crippen LogP contribution in [0, 0.1) is 5.92 Å². The Morgan fingerprint density at radius 1 is 1.45 bits per heavy atom. The van der Waals surface area contributed by atoms with Crippen LogP contribution in [0.3, 0.4) is 0 Å². The fourth-order valence-corrected chi connectivity index (χ4v) is 3.99. The van der Waals surface area contributed by atoms with Crippen molar-refractivity contribution in [3.8, 4) is 0 Å². The molecule has 0 spiro atoms. The monoisotopic (exact) mass is 289 g/mol. The summed E-state index contributed by atoms with van der Waals surface area (Å²) in [5.74, 6) is 0.783. The third-order valence-corrected chi connectivity index (χ3v) is 5.48. The van der Waals surface area contributed by atoms with Crippen LogP contribution in [-0.2, 0) is 0 Å². The maximum atomic E-state index is 4.79. The van der Waals surface area contributed by atoms with Gasteiger partial charge < -0.3 is 5.32 Å².